The van der Waals surface area contributed by atoms with E-state index in [1.807, 2.05) is 42.5 Å². The van der Waals surface area contributed by atoms with Gasteiger partial charge in [-0.25, -0.2) is 0 Å². The first-order chi connectivity index (χ1) is 13.2. The van der Waals surface area contributed by atoms with Crippen LogP contribution in [0.5, 0.6) is 0 Å². The number of nitrogens with one attached hydrogen (secondary N) is 1. The zero-order valence-corrected chi connectivity index (χ0v) is 15.4. The third-order valence-electron chi connectivity index (χ3n) is 4.58. The molecule has 3 aromatic rings. The number of carbonyl (C=O) groups is 1. The van der Waals surface area contributed by atoms with E-state index >= 15 is 0 Å². The fraction of sp³-hybridized carbons (Fsp3) is 0.250. The standard InChI is InChI=1S/C20H19ClN4O2/c21-17-9-5-4-8-16(17)19(26)22-15-10-11-25(12-15)13-18-23-20(27-24-18)14-6-2-1-3-7-14/h1-9,15H,10-13H2,(H,22,26)/t15-/m1/s1. The van der Waals surface area contributed by atoms with Gasteiger partial charge in [0.25, 0.3) is 11.8 Å². The van der Waals surface area contributed by atoms with Gasteiger partial charge >= 0.3 is 0 Å². The zero-order valence-electron chi connectivity index (χ0n) is 14.6. The minimum absolute atomic E-state index is 0.0780. The number of carbonyl (C=O) groups excluding carboxylic acids is 1. The number of hydrogen-bond donors (Lipinski definition) is 1. The lowest BCUT2D eigenvalue weighted by Gasteiger charge is -2.15. The summed E-state index contributed by atoms with van der Waals surface area (Å²) >= 11 is 6.10. The molecule has 0 bridgehead atoms. The normalized spacial score (nSPS) is 17.1. The fourth-order valence-electron chi connectivity index (χ4n) is 3.22. The highest BCUT2D eigenvalue weighted by Gasteiger charge is 2.26. The molecule has 138 valence electrons. The molecule has 1 aromatic heterocycles. The molecule has 1 N–H and O–H groups in total. The Morgan fingerprint density at radius 1 is 1.19 bits per heavy atom. The summed E-state index contributed by atoms with van der Waals surface area (Å²) in [5.41, 5.74) is 1.41. The van der Waals surface area contributed by atoms with E-state index in [2.05, 4.69) is 20.4 Å². The first kappa shape index (κ1) is 17.7. The lowest BCUT2D eigenvalue weighted by atomic mass is 10.2. The van der Waals surface area contributed by atoms with Crippen LogP contribution in [0.25, 0.3) is 11.5 Å². The number of likely N-dealkylation sites (tertiary alicyclic amines) is 1. The summed E-state index contributed by atoms with van der Waals surface area (Å²) in [5, 5.41) is 7.59. The summed E-state index contributed by atoms with van der Waals surface area (Å²) < 4.78 is 5.35. The number of nitrogens with zero attached hydrogens (tertiary/aromatic N) is 3. The lowest BCUT2D eigenvalue weighted by Crippen LogP contribution is -2.37. The number of hydrogen-bond acceptors (Lipinski definition) is 5. The number of aromatic nitrogens is 2. The molecular weight excluding hydrogens is 364 g/mol. The van der Waals surface area contributed by atoms with Crippen molar-refractivity contribution in [1.29, 1.82) is 0 Å². The molecule has 1 fully saturated rings. The molecule has 6 nitrogen and oxygen atoms in total. The monoisotopic (exact) mass is 382 g/mol. The van der Waals surface area contributed by atoms with Crippen LogP contribution in [0.1, 0.15) is 22.6 Å². The van der Waals surface area contributed by atoms with E-state index in [1.165, 1.54) is 0 Å². The molecule has 1 aliphatic heterocycles. The van der Waals surface area contributed by atoms with Crippen LogP contribution < -0.4 is 5.32 Å². The van der Waals surface area contributed by atoms with Gasteiger partial charge in [0.15, 0.2) is 5.82 Å². The average Bonchev–Trinajstić information content (AvgIpc) is 3.33. The largest absolute Gasteiger partial charge is 0.348 e. The zero-order chi connectivity index (χ0) is 18.6. The Labute approximate surface area is 162 Å². The molecule has 4 rings (SSSR count). The molecule has 0 radical (unpaired) electrons. The van der Waals surface area contributed by atoms with E-state index in [0.29, 0.717) is 28.8 Å². The second-order valence-electron chi connectivity index (χ2n) is 6.56. The Bertz CT molecular complexity index is 928. The van der Waals surface area contributed by atoms with Crippen LogP contribution in [-0.2, 0) is 6.54 Å². The molecule has 0 aliphatic carbocycles. The Morgan fingerprint density at radius 2 is 1.96 bits per heavy atom. The van der Waals surface area contributed by atoms with Gasteiger partial charge in [-0.05, 0) is 30.7 Å². The van der Waals surface area contributed by atoms with Crippen LogP contribution in [0, 0.1) is 0 Å². The molecule has 0 spiro atoms. The Hall–Kier alpha value is -2.70. The van der Waals surface area contributed by atoms with Crippen LogP contribution in [0.4, 0.5) is 0 Å². The molecule has 27 heavy (non-hydrogen) atoms. The molecule has 0 saturated carbocycles. The van der Waals surface area contributed by atoms with Gasteiger partial charge in [-0.2, -0.15) is 4.98 Å². The fourth-order valence-corrected chi connectivity index (χ4v) is 3.44. The van der Waals surface area contributed by atoms with Crippen molar-refractivity contribution >= 4 is 17.5 Å². The summed E-state index contributed by atoms with van der Waals surface area (Å²) in [6.07, 6.45) is 0.875. The minimum Gasteiger partial charge on any atom is -0.348 e. The molecule has 1 saturated heterocycles. The van der Waals surface area contributed by atoms with E-state index in [9.17, 15) is 4.79 Å². The molecule has 1 aliphatic rings. The second kappa shape index (κ2) is 7.90. The van der Waals surface area contributed by atoms with Crippen molar-refractivity contribution in [3.8, 4) is 11.5 Å². The summed E-state index contributed by atoms with van der Waals surface area (Å²) in [4.78, 5) is 19.1. The quantitative estimate of drug-likeness (QED) is 0.732. The van der Waals surface area contributed by atoms with Gasteiger partial charge in [0.05, 0.1) is 17.1 Å². The van der Waals surface area contributed by atoms with Crippen LogP contribution >= 0.6 is 11.6 Å². The summed E-state index contributed by atoms with van der Waals surface area (Å²) in [6, 6.07) is 16.8. The number of halogens is 1. The van der Waals surface area contributed by atoms with Crippen molar-refractivity contribution in [2.75, 3.05) is 13.1 Å². The predicted octanol–water partition coefficient (Wildman–Crippen LogP) is 3.39. The molecule has 7 heteroatoms. The lowest BCUT2D eigenvalue weighted by molar-refractivity contribution is 0.0937. The van der Waals surface area contributed by atoms with E-state index < -0.39 is 0 Å². The van der Waals surface area contributed by atoms with Crippen molar-refractivity contribution in [1.82, 2.24) is 20.4 Å². The maximum Gasteiger partial charge on any atom is 0.257 e. The summed E-state index contributed by atoms with van der Waals surface area (Å²) in [6.45, 7) is 2.20. The molecule has 1 atom stereocenters. The summed E-state index contributed by atoms with van der Waals surface area (Å²) in [7, 11) is 0. The van der Waals surface area contributed by atoms with Crippen molar-refractivity contribution in [3.63, 3.8) is 0 Å². The summed E-state index contributed by atoms with van der Waals surface area (Å²) in [5.74, 6) is 1.03. The number of benzene rings is 2. The first-order valence-corrected chi connectivity index (χ1v) is 9.22. The number of amides is 1. The molecule has 2 aromatic carbocycles. The molecule has 1 amide bonds. The van der Waals surface area contributed by atoms with Gasteiger partial charge < -0.3 is 9.84 Å². The van der Waals surface area contributed by atoms with Gasteiger partial charge in [-0.15, -0.1) is 0 Å². The highest BCUT2D eigenvalue weighted by molar-refractivity contribution is 6.33. The van der Waals surface area contributed by atoms with E-state index in [4.69, 9.17) is 16.1 Å². The van der Waals surface area contributed by atoms with Crippen molar-refractivity contribution in [2.45, 2.75) is 19.0 Å². The van der Waals surface area contributed by atoms with Crippen LogP contribution in [0.2, 0.25) is 5.02 Å². The molecule has 0 unspecified atom stereocenters. The predicted molar refractivity (Wildman–Crippen MR) is 102 cm³/mol. The first-order valence-electron chi connectivity index (χ1n) is 8.85. The smallest absolute Gasteiger partial charge is 0.257 e. The second-order valence-corrected chi connectivity index (χ2v) is 6.96. The topological polar surface area (TPSA) is 71.3 Å². The van der Waals surface area contributed by atoms with Gasteiger partial charge in [-0.1, -0.05) is 47.1 Å². The molecular formula is C20H19ClN4O2. The SMILES string of the molecule is O=C(N[C@@H]1CCN(Cc2noc(-c3ccccc3)n2)C1)c1ccccc1Cl. The maximum atomic E-state index is 12.4. The number of rotatable bonds is 5. The van der Waals surface area contributed by atoms with E-state index in [-0.39, 0.29) is 11.9 Å². The van der Waals surface area contributed by atoms with Crippen molar-refractivity contribution < 1.29 is 9.32 Å². The minimum atomic E-state index is -0.140. The van der Waals surface area contributed by atoms with Gasteiger partial charge in [0.1, 0.15) is 0 Å². The van der Waals surface area contributed by atoms with E-state index in [1.54, 1.807) is 12.1 Å². The van der Waals surface area contributed by atoms with Crippen LogP contribution in [0.15, 0.2) is 59.1 Å². The van der Waals surface area contributed by atoms with Gasteiger partial charge in [0.2, 0.25) is 0 Å². The van der Waals surface area contributed by atoms with E-state index in [0.717, 1.165) is 25.1 Å². The van der Waals surface area contributed by atoms with Crippen LogP contribution in [0.3, 0.4) is 0 Å². The Morgan fingerprint density at radius 3 is 2.78 bits per heavy atom. The average molecular weight is 383 g/mol. The Balaban J connectivity index is 1.33. The van der Waals surface area contributed by atoms with Gasteiger partial charge in [0, 0.05) is 24.7 Å². The maximum absolute atomic E-state index is 12.4. The van der Waals surface area contributed by atoms with Crippen molar-refractivity contribution in [2.24, 2.45) is 0 Å². The Kier molecular flexibility index (Phi) is 5.18. The highest BCUT2D eigenvalue weighted by atomic mass is 35.5. The van der Waals surface area contributed by atoms with Crippen molar-refractivity contribution in [3.05, 3.63) is 71.0 Å². The van der Waals surface area contributed by atoms with Gasteiger partial charge in [-0.3, -0.25) is 9.69 Å². The van der Waals surface area contributed by atoms with Crippen LogP contribution in [-0.4, -0.2) is 40.1 Å². The molecule has 2 heterocycles. The highest BCUT2D eigenvalue weighted by Crippen LogP contribution is 2.19. The third-order valence-corrected chi connectivity index (χ3v) is 4.91. The third kappa shape index (κ3) is 4.18.